The van der Waals surface area contributed by atoms with Gasteiger partial charge >= 0.3 is 0 Å². The van der Waals surface area contributed by atoms with Gasteiger partial charge in [-0.3, -0.25) is 4.79 Å². The summed E-state index contributed by atoms with van der Waals surface area (Å²) in [6.07, 6.45) is 0. The van der Waals surface area contributed by atoms with Crippen molar-refractivity contribution in [2.45, 2.75) is 32.6 Å². The van der Waals surface area contributed by atoms with Crippen LogP contribution in [0, 0.1) is 13.8 Å². The monoisotopic (exact) mass is 438 g/mol. The van der Waals surface area contributed by atoms with Crippen LogP contribution in [-0.2, 0) is 10.0 Å². The van der Waals surface area contributed by atoms with E-state index in [9.17, 15) is 13.2 Å². The molecule has 0 aliphatic heterocycles. The molecule has 0 spiro atoms. The van der Waals surface area contributed by atoms with Gasteiger partial charge in [0.25, 0.3) is 5.91 Å². The Labute approximate surface area is 163 Å². The van der Waals surface area contributed by atoms with Gasteiger partial charge in [0.05, 0.1) is 4.90 Å². The van der Waals surface area contributed by atoms with Gasteiger partial charge in [0.15, 0.2) is 0 Å². The Morgan fingerprint density at radius 1 is 1.04 bits per heavy atom. The third-order valence-electron chi connectivity index (χ3n) is 4.23. The zero-order valence-corrected chi connectivity index (χ0v) is 17.7. The van der Waals surface area contributed by atoms with E-state index in [1.165, 1.54) is 10.4 Å². The molecule has 26 heavy (non-hydrogen) atoms. The minimum Gasteiger partial charge on any atom is -0.322 e. The van der Waals surface area contributed by atoms with Crippen LogP contribution in [0.3, 0.4) is 0 Å². The van der Waals surface area contributed by atoms with Gasteiger partial charge in [0.1, 0.15) is 0 Å². The average Bonchev–Trinajstić information content (AvgIpc) is 2.58. The Bertz CT molecular complexity index is 922. The van der Waals surface area contributed by atoms with E-state index in [-0.39, 0.29) is 10.8 Å². The first kappa shape index (κ1) is 20.6. The van der Waals surface area contributed by atoms with Crippen molar-refractivity contribution in [3.8, 4) is 0 Å². The molecule has 0 aromatic heterocycles. The van der Waals surface area contributed by atoms with Crippen LogP contribution in [0.4, 0.5) is 5.69 Å². The number of halogens is 1. The largest absolute Gasteiger partial charge is 0.322 e. The van der Waals surface area contributed by atoms with Crippen LogP contribution in [0.25, 0.3) is 0 Å². The summed E-state index contributed by atoms with van der Waals surface area (Å²) in [7, 11) is -3.61. The molecule has 0 aliphatic rings. The van der Waals surface area contributed by atoms with Gasteiger partial charge in [-0.25, -0.2) is 8.42 Å². The predicted octanol–water partition coefficient (Wildman–Crippen LogP) is 4.35. The second-order valence-corrected chi connectivity index (χ2v) is 8.83. The smallest absolute Gasteiger partial charge is 0.255 e. The lowest BCUT2D eigenvalue weighted by Crippen LogP contribution is -2.30. The van der Waals surface area contributed by atoms with Gasteiger partial charge in [-0.15, -0.1) is 0 Å². The lowest BCUT2D eigenvalue weighted by Gasteiger charge is -2.19. The number of aryl methyl sites for hydroxylation is 2. The summed E-state index contributed by atoms with van der Waals surface area (Å²) >= 11 is 3.39. The molecule has 2 aromatic carbocycles. The first-order valence-electron chi connectivity index (χ1n) is 8.39. The summed E-state index contributed by atoms with van der Waals surface area (Å²) in [5, 5.41) is 2.86. The van der Waals surface area contributed by atoms with Crippen LogP contribution < -0.4 is 5.32 Å². The van der Waals surface area contributed by atoms with Gasteiger partial charge in [-0.2, -0.15) is 4.31 Å². The number of rotatable bonds is 6. The molecule has 7 heteroatoms. The van der Waals surface area contributed by atoms with Crippen molar-refractivity contribution in [2.24, 2.45) is 0 Å². The van der Waals surface area contributed by atoms with Crippen LogP contribution >= 0.6 is 15.9 Å². The molecule has 0 radical (unpaired) electrons. The molecule has 140 valence electrons. The molecule has 0 aliphatic carbocycles. The van der Waals surface area contributed by atoms with Gasteiger partial charge in [0, 0.05) is 28.8 Å². The molecular weight excluding hydrogens is 416 g/mol. The van der Waals surface area contributed by atoms with Gasteiger partial charge in [0.2, 0.25) is 10.0 Å². The SMILES string of the molecule is CCN(CC)S(=O)(=O)c1ccc(C)c(C(=O)Nc2ccc(Br)cc2C)c1. The minimum atomic E-state index is -3.61. The van der Waals surface area contributed by atoms with E-state index in [0.29, 0.717) is 24.3 Å². The fourth-order valence-corrected chi connectivity index (χ4v) is 4.64. The summed E-state index contributed by atoms with van der Waals surface area (Å²) in [6, 6.07) is 10.2. The second kappa shape index (κ2) is 8.33. The lowest BCUT2D eigenvalue weighted by molar-refractivity contribution is 0.102. The fraction of sp³-hybridized carbons (Fsp3) is 0.316. The first-order valence-corrected chi connectivity index (χ1v) is 10.6. The van der Waals surface area contributed by atoms with Crippen LogP contribution in [0.15, 0.2) is 45.8 Å². The molecule has 2 rings (SSSR count). The van der Waals surface area contributed by atoms with E-state index >= 15 is 0 Å². The van der Waals surface area contributed by atoms with E-state index in [1.54, 1.807) is 32.9 Å². The maximum Gasteiger partial charge on any atom is 0.255 e. The number of carbonyl (C=O) groups is 1. The number of anilines is 1. The molecule has 0 saturated heterocycles. The normalized spacial score (nSPS) is 11.6. The van der Waals surface area contributed by atoms with Crippen LogP contribution in [0.2, 0.25) is 0 Å². The molecule has 0 atom stereocenters. The quantitative estimate of drug-likeness (QED) is 0.728. The van der Waals surface area contributed by atoms with E-state index < -0.39 is 10.0 Å². The summed E-state index contributed by atoms with van der Waals surface area (Å²) in [4.78, 5) is 12.9. The standard InChI is InChI=1S/C19H23BrN2O3S/c1-5-22(6-2)26(24,25)16-9-7-13(3)17(12-16)19(23)21-18-10-8-15(20)11-14(18)4/h7-12H,5-6H2,1-4H3,(H,21,23). The van der Waals surface area contributed by atoms with Gasteiger partial charge in [-0.05, 0) is 55.3 Å². The molecule has 0 fully saturated rings. The Kier molecular flexibility index (Phi) is 6.60. The molecule has 1 amide bonds. The zero-order chi connectivity index (χ0) is 19.5. The molecule has 0 saturated carbocycles. The zero-order valence-electron chi connectivity index (χ0n) is 15.3. The number of carbonyl (C=O) groups excluding carboxylic acids is 1. The van der Waals surface area contributed by atoms with Crippen LogP contribution in [-0.4, -0.2) is 31.7 Å². The highest BCUT2D eigenvalue weighted by Crippen LogP contribution is 2.23. The number of benzene rings is 2. The van der Waals surface area contributed by atoms with Crippen molar-refractivity contribution in [1.29, 1.82) is 0 Å². The van der Waals surface area contributed by atoms with E-state index in [1.807, 2.05) is 25.1 Å². The highest BCUT2D eigenvalue weighted by molar-refractivity contribution is 9.10. The highest BCUT2D eigenvalue weighted by Gasteiger charge is 2.23. The average molecular weight is 439 g/mol. The second-order valence-electron chi connectivity index (χ2n) is 5.98. The molecule has 0 bridgehead atoms. The number of hydrogen-bond donors (Lipinski definition) is 1. The number of nitrogens with one attached hydrogen (secondary N) is 1. The summed E-state index contributed by atoms with van der Waals surface area (Å²) in [6.45, 7) is 8.03. The van der Waals surface area contributed by atoms with Crippen molar-refractivity contribution < 1.29 is 13.2 Å². The molecule has 1 N–H and O–H groups in total. The predicted molar refractivity (Wildman–Crippen MR) is 108 cm³/mol. The summed E-state index contributed by atoms with van der Waals surface area (Å²) in [5.41, 5.74) is 2.67. The third kappa shape index (κ3) is 4.34. The molecule has 2 aromatic rings. The molecule has 0 heterocycles. The first-order chi connectivity index (χ1) is 12.2. The molecular formula is C19H23BrN2O3S. The Balaban J connectivity index is 2.39. The minimum absolute atomic E-state index is 0.129. The maximum atomic E-state index is 12.7. The van der Waals surface area contributed by atoms with E-state index in [2.05, 4.69) is 21.2 Å². The van der Waals surface area contributed by atoms with Crippen molar-refractivity contribution in [3.05, 3.63) is 57.6 Å². The van der Waals surface area contributed by atoms with Crippen molar-refractivity contribution >= 4 is 37.5 Å². The van der Waals surface area contributed by atoms with Crippen molar-refractivity contribution in [1.82, 2.24) is 4.31 Å². The van der Waals surface area contributed by atoms with E-state index in [0.717, 1.165) is 15.6 Å². The lowest BCUT2D eigenvalue weighted by atomic mass is 10.1. The summed E-state index contributed by atoms with van der Waals surface area (Å²) in [5.74, 6) is -0.329. The number of hydrogen-bond acceptors (Lipinski definition) is 3. The van der Waals surface area contributed by atoms with Crippen LogP contribution in [0.5, 0.6) is 0 Å². The van der Waals surface area contributed by atoms with Crippen molar-refractivity contribution in [2.75, 3.05) is 18.4 Å². The number of nitrogens with zero attached hydrogens (tertiary/aromatic N) is 1. The number of sulfonamides is 1. The molecule has 5 nitrogen and oxygen atoms in total. The van der Waals surface area contributed by atoms with Crippen molar-refractivity contribution in [3.63, 3.8) is 0 Å². The van der Waals surface area contributed by atoms with Gasteiger partial charge in [-0.1, -0.05) is 35.8 Å². The Morgan fingerprint density at radius 3 is 2.27 bits per heavy atom. The highest BCUT2D eigenvalue weighted by atomic mass is 79.9. The number of amides is 1. The molecule has 0 unspecified atom stereocenters. The Morgan fingerprint density at radius 2 is 1.69 bits per heavy atom. The third-order valence-corrected chi connectivity index (χ3v) is 6.77. The topological polar surface area (TPSA) is 66.5 Å². The van der Waals surface area contributed by atoms with Crippen LogP contribution in [0.1, 0.15) is 35.3 Å². The Hall–Kier alpha value is -1.70. The summed E-state index contributed by atoms with van der Waals surface area (Å²) < 4.78 is 27.7. The fourth-order valence-electron chi connectivity index (χ4n) is 2.68. The van der Waals surface area contributed by atoms with Gasteiger partial charge < -0.3 is 5.32 Å². The maximum absolute atomic E-state index is 12.7. The van der Waals surface area contributed by atoms with E-state index in [4.69, 9.17) is 0 Å².